The number of halogens is 1. The van der Waals surface area contributed by atoms with Crippen LogP contribution in [0.2, 0.25) is 0 Å². The van der Waals surface area contributed by atoms with Crippen molar-refractivity contribution in [3.63, 3.8) is 0 Å². The standard InChI is InChI=1S/C16H13BrN2O6/c1-10(24-15(20)9-7-13-6-8-14(17)25-13)16(21)18-11-2-4-12(5-3-11)19(22)23/h2-10H,1H3,(H,18,21)/b9-7+. The number of hydrogen-bond donors (Lipinski definition) is 1. The number of amides is 1. The minimum Gasteiger partial charge on any atom is -0.450 e. The van der Waals surface area contributed by atoms with Gasteiger partial charge < -0.3 is 14.5 Å². The molecule has 1 N–H and O–H groups in total. The summed E-state index contributed by atoms with van der Waals surface area (Å²) in [4.78, 5) is 33.7. The van der Waals surface area contributed by atoms with E-state index in [1.54, 1.807) is 12.1 Å². The van der Waals surface area contributed by atoms with Gasteiger partial charge >= 0.3 is 5.97 Å². The van der Waals surface area contributed by atoms with Gasteiger partial charge in [-0.15, -0.1) is 0 Å². The van der Waals surface area contributed by atoms with Crippen molar-refractivity contribution < 1.29 is 23.7 Å². The molecular weight excluding hydrogens is 396 g/mol. The lowest BCUT2D eigenvalue weighted by atomic mass is 10.2. The molecule has 1 unspecified atom stereocenters. The summed E-state index contributed by atoms with van der Waals surface area (Å²) in [5.74, 6) is -0.818. The smallest absolute Gasteiger partial charge is 0.331 e. The van der Waals surface area contributed by atoms with Gasteiger partial charge in [0.05, 0.1) is 4.92 Å². The second kappa shape index (κ2) is 8.25. The minimum atomic E-state index is -1.05. The molecule has 25 heavy (non-hydrogen) atoms. The summed E-state index contributed by atoms with van der Waals surface area (Å²) in [6.45, 7) is 1.41. The number of non-ortho nitro benzene ring substituents is 1. The molecule has 0 spiro atoms. The highest BCUT2D eigenvalue weighted by Crippen LogP contribution is 2.16. The molecule has 8 nitrogen and oxygen atoms in total. The molecule has 0 aliphatic heterocycles. The van der Waals surface area contributed by atoms with Crippen LogP contribution in [0.15, 0.2) is 51.6 Å². The molecule has 0 bridgehead atoms. The molecule has 2 aromatic rings. The SMILES string of the molecule is CC(OC(=O)/C=C/c1ccc(Br)o1)C(=O)Nc1ccc([N+](=O)[O-])cc1. The summed E-state index contributed by atoms with van der Waals surface area (Å²) in [5.41, 5.74) is 0.265. The van der Waals surface area contributed by atoms with Crippen LogP contribution in [0.5, 0.6) is 0 Å². The molecule has 0 aliphatic carbocycles. The van der Waals surface area contributed by atoms with Crippen LogP contribution in [0, 0.1) is 10.1 Å². The third-order valence-electron chi connectivity index (χ3n) is 2.99. The quantitative estimate of drug-likeness (QED) is 0.338. The number of carbonyl (C=O) groups excluding carboxylic acids is 2. The molecule has 2 rings (SSSR count). The average molecular weight is 409 g/mol. The number of carbonyl (C=O) groups is 2. The summed E-state index contributed by atoms with van der Waals surface area (Å²) >= 11 is 3.14. The molecule has 1 aromatic heterocycles. The Kier molecular flexibility index (Phi) is 6.07. The van der Waals surface area contributed by atoms with Gasteiger partial charge in [-0.25, -0.2) is 4.79 Å². The van der Waals surface area contributed by atoms with Crippen LogP contribution in [0.1, 0.15) is 12.7 Å². The predicted molar refractivity (Wildman–Crippen MR) is 92.7 cm³/mol. The number of nitrogens with zero attached hydrogens (tertiary/aromatic N) is 1. The fourth-order valence-electron chi connectivity index (χ4n) is 1.75. The molecule has 1 heterocycles. The number of nitrogens with one attached hydrogen (secondary N) is 1. The number of ether oxygens (including phenoxy) is 1. The molecule has 0 radical (unpaired) electrons. The second-order valence-electron chi connectivity index (χ2n) is 4.85. The summed E-state index contributed by atoms with van der Waals surface area (Å²) < 4.78 is 10.7. The van der Waals surface area contributed by atoms with E-state index in [0.29, 0.717) is 16.1 Å². The van der Waals surface area contributed by atoms with Gasteiger partial charge in [0.1, 0.15) is 5.76 Å². The number of hydrogen-bond acceptors (Lipinski definition) is 6. The minimum absolute atomic E-state index is 0.0906. The Morgan fingerprint density at radius 1 is 1.28 bits per heavy atom. The Hall–Kier alpha value is -2.94. The summed E-state index contributed by atoms with van der Waals surface area (Å²) in [6.07, 6.45) is 1.50. The van der Waals surface area contributed by atoms with Crippen molar-refractivity contribution in [2.75, 3.05) is 5.32 Å². The van der Waals surface area contributed by atoms with Gasteiger partial charge in [-0.05, 0) is 53.2 Å². The van der Waals surface area contributed by atoms with Crippen molar-refractivity contribution in [2.45, 2.75) is 13.0 Å². The lowest BCUT2D eigenvalue weighted by molar-refractivity contribution is -0.384. The highest BCUT2D eigenvalue weighted by Gasteiger charge is 2.17. The maximum atomic E-state index is 12.0. The Bertz CT molecular complexity index is 812. The first kappa shape index (κ1) is 18.4. The third-order valence-corrected chi connectivity index (χ3v) is 3.41. The van der Waals surface area contributed by atoms with Crippen LogP contribution in [-0.2, 0) is 14.3 Å². The van der Waals surface area contributed by atoms with Crippen molar-refractivity contribution in [1.29, 1.82) is 0 Å². The normalized spacial score (nSPS) is 11.9. The van der Waals surface area contributed by atoms with E-state index in [1.165, 1.54) is 37.3 Å². The first-order chi connectivity index (χ1) is 11.8. The van der Waals surface area contributed by atoms with Crippen molar-refractivity contribution in [1.82, 2.24) is 0 Å². The van der Waals surface area contributed by atoms with Crippen LogP contribution >= 0.6 is 15.9 Å². The van der Waals surface area contributed by atoms with Crippen LogP contribution < -0.4 is 5.32 Å². The Labute approximate surface area is 150 Å². The maximum absolute atomic E-state index is 12.0. The van der Waals surface area contributed by atoms with Gasteiger partial charge in [0, 0.05) is 23.9 Å². The molecule has 0 aliphatic rings. The van der Waals surface area contributed by atoms with Crippen molar-refractivity contribution >= 4 is 45.3 Å². The van der Waals surface area contributed by atoms with Crippen LogP contribution in [0.25, 0.3) is 6.08 Å². The van der Waals surface area contributed by atoms with Crippen molar-refractivity contribution in [2.24, 2.45) is 0 Å². The van der Waals surface area contributed by atoms with E-state index in [1.807, 2.05) is 0 Å². The van der Waals surface area contributed by atoms with E-state index in [0.717, 1.165) is 6.08 Å². The predicted octanol–water partition coefficient (Wildman–Crippen LogP) is 3.53. The van der Waals surface area contributed by atoms with Crippen molar-refractivity contribution in [3.05, 3.63) is 63.0 Å². The number of rotatable bonds is 6. The van der Waals surface area contributed by atoms with Crippen LogP contribution in [-0.4, -0.2) is 22.9 Å². The monoisotopic (exact) mass is 408 g/mol. The summed E-state index contributed by atoms with van der Waals surface area (Å²) in [7, 11) is 0. The van der Waals surface area contributed by atoms with Crippen LogP contribution in [0.3, 0.4) is 0 Å². The first-order valence-corrected chi connectivity index (χ1v) is 7.84. The first-order valence-electron chi connectivity index (χ1n) is 7.04. The van der Waals surface area contributed by atoms with Gasteiger partial charge in [-0.1, -0.05) is 0 Å². The third kappa shape index (κ3) is 5.57. The number of furan rings is 1. The van der Waals surface area contributed by atoms with E-state index in [4.69, 9.17) is 9.15 Å². The second-order valence-corrected chi connectivity index (χ2v) is 5.63. The van der Waals surface area contributed by atoms with Gasteiger partial charge in [-0.3, -0.25) is 14.9 Å². The zero-order chi connectivity index (χ0) is 18.4. The number of esters is 1. The topological polar surface area (TPSA) is 112 Å². The van der Waals surface area contributed by atoms with E-state index in [2.05, 4.69) is 21.2 Å². The molecule has 1 amide bonds. The highest BCUT2D eigenvalue weighted by molar-refractivity contribution is 9.10. The number of nitro benzene ring substituents is 1. The fraction of sp³-hybridized carbons (Fsp3) is 0.125. The van der Waals surface area contributed by atoms with Gasteiger partial charge in [0.25, 0.3) is 11.6 Å². The molecule has 9 heteroatoms. The largest absolute Gasteiger partial charge is 0.450 e. The molecule has 1 atom stereocenters. The Balaban J connectivity index is 1.87. The van der Waals surface area contributed by atoms with Gasteiger partial charge in [0.2, 0.25) is 0 Å². The van der Waals surface area contributed by atoms with Crippen LogP contribution in [0.4, 0.5) is 11.4 Å². The van der Waals surface area contributed by atoms with Gasteiger partial charge in [0.15, 0.2) is 10.8 Å². The van der Waals surface area contributed by atoms with E-state index >= 15 is 0 Å². The average Bonchev–Trinajstić information content (AvgIpc) is 2.99. The highest BCUT2D eigenvalue weighted by atomic mass is 79.9. The molecule has 0 fully saturated rings. The van der Waals surface area contributed by atoms with Crippen molar-refractivity contribution in [3.8, 4) is 0 Å². The van der Waals surface area contributed by atoms with Gasteiger partial charge in [-0.2, -0.15) is 0 Å². The zero-order valence-corrected chi connectivity index (χ0v) is 14.6. The molecule has 0 saturated carbocycles. The molecule has 0 saturated heterocycles. The van der Waals surface area contributed by atoms with E-state index in [-0.39, 0.29) is 5.69 Å². The zero-order valence-electron chi connectivity index (χ0n) is 13.0. The van der Waals surface area contributed by atoms with E-state index < -0.39 is 22.9 Å². The number of anilines is 1. The summed E-state index contributed by atoms with van der Waals surface area (Å²) in [6, 6.07) is 8.62. The fourth-order valence-corrected chi connectivity index (χ4v) is 2.06. The number of benzene rings is 1. The lowest BCUT2D eigenvalue weighted by Gasteiger charge is -2.12. The lowest BCUT2D eigenvalue weighted by Crippen LogP contribution is -2.29. The summed E-state index contributed by atoms with van der Waals surface area (Å²) in [5, 5.41) is 13.1. The Morgan fingerprint density at radius 2 is 1.96 bits per heavy atom. The molecule has 1 aromatic carbocycles. The number of nitro groups is 1. The molecule has 130 valence electrons. The van der Waals surface area contributed by atoms with E-state index in [9.17, 15) is 19.7 Å². The Morgan fingerprint density at radius 3 is 2.52 bits per heavy atom. The molecular formula is C16H13BrN2O6. The maximum Gasteiger partial charge on any atom is 0.331 e.